The van der Waals surface area contributed by atoms with Gasteiger partial charge in [-0.1, -0.05) is 39.2 Å². The van der Waals surface area contributed by atoms with E-state index in [1.165, 1.54) is 38.2 Å². The van der Waals surface area contributed by atoms with Gasteiger partial charge in [-0.3, -0.25) is 0 Å². The minimum atomic E-state index is -0.436. The van der Waals surface area contributed by atoms with Crippen molar-refractivity contribution in [3.05, 3.63) is 41.8 Å². The van der Waals surface area contributed by atoms with Crippen molar-refractivity contribution < 1.29 is 4.39 Å². The molecule has 1 aliphatic rings. The Hall–Kier alpha value is -2.76. The van der Waals surface area contributed by atoms with Crippen LogP contribution in [0.2, 0.25) is 0 Å². The summed E-state index contributed by atoms with van der Waals surface area (Å²) in [5.74, 6) is 0.475. The number of benzene rings is 1. The highest BCUT2D eigenvalue weighted by Crippen LogP contribution is 2.30. The molecular weight excluding hydrogens is 353 g/mol. The number of nitrogens with zero attached hydrogens (tertiary/aromatic N) is 3. The summed E-state index contributed by atoms with van der Waals surface area (Å²) in [6.07, 6.45) is 7.91. The smallest absolute Gasteiger partial charge is 0.223 e. The van der Waals surface area contributed by atoms with Crippen LogP contribution in [0, 0.1) is 5.82 Å². The fourth-order valence-corrected chi connectivity index (χ4v) is 3.82. The lowest BCUT2D eigenvalue weighted by atomic mass is 9.96. The quantitative estimate of drug-likeness (QED) is 0.603. The SMILES string of the molecule is CC(C)c1cc(-c2ccc(N)c(F)c2)nc2cnc(NC3CCCCC3)nc12. The van der Waals surface area contributed by atoms with Crippen LogP contribution < -0.4 is 11.1 Å². The molecule has 0 atom stereocenters. The Balaban J connectivity index is 1.74. The molecule has 0 bridgehead atoms. The molecule has 28 heavy (non-hydrogen) atoms. The molecule has 0 aliphatic heterocycles. The average Bonchev–Trinajstić information content (AvgIpc) is 2.70. The highest BCUT2D eigenvalue weighted by atomic mass is 19.1. The summed E-state index contributed by atoms with van der Waals surface area (Å²) in [6.45, 7) is 4.25. The molecule has 1 aromatic carbocycles. The molecule has 0 saturated heterocycles. The molecule has 2 heterocycles. The van der Waals surface area contributed by atoms with E-state index in [1.54, 1.807) is 18.3 Å². The number of hydrogen-bond acceptors (Lipinski definition) is 5. The minimum absolute atomic E-state index is 0.135. The summed E-state index contributed by atoms with van der Waals surface area (Å²) in [5, 5.41) is 3.49. The summed E-state index contributed by atoms with van der Waals surface area (Å²) < 4.78 is 13.9. The first kappa shape index (κ1) is 18.6. The highest BCUT2D eigenvalue weighted by molar-refractivity contribution is 5.82. The topological polar surface area (TPSA) is 76.7 Å². The Labute approximate surface area is 164 Å². The van der Waals surface area contributed by atoms with Crippen molar-refractivity contribution in [1.29, 1.82) is 0 Å². The summed E-state index contributed by atoms with van der Waals surface area (Å²) in [5.41, 5.74) is 9.78. The van der Waals surface area contributed by atoms with E-state index >= 15 is 0 Å². The minimum Gasteiger partial charge on any atom is -0.396 e. The number of nitrogen functional groups attached to an aromatic ring is 1. The van der Waals surface area contributed by atoms with Gasteiger partial charge in [0.2, 0.25) is 5.95 Å². The molecule has 0 amide bonds. The fourth-order valence-electron chi connectivity index (χ4n) is 3.82. The Morgan fingerprint density at radius 2 is 1.89 bits per heavy atom. The van der Waals surface area contributed by atoms with Crippen LogP contribution in [0.4, 0.5) is 16.0 Å². The van der Waals surface area contributed by atoms with Crippen LogP contribution in [0.5, 0.6) is 0 Å². The number of rotatable bonds is 4. The first-order chi connectivity index (χ1) is 13.5. The van der Waals surface area contributed by atoms with Crippen LogP contribution in [0.25, 0.3) is 22.3 Å². The van der Waals surface area contributed by atoms with Gasteiger partial charge < -0.3 is 11.1 Å². The average molecular weight is 379 g/mol. The Morgan fingerprint density at radius 3 is 2.61 bits per heavy atom. The molecule has 6 heteroatoms. The normalized spacial score (nSPS) is 15.3. The molecule has 1 aliphatic carbocycles. The van der Waals surface area contributed by atoms with Crippen molar-refractivity contribution in [1.82, 2.24) is 15.0 Å². The molecular formula is C22H26FN5. The van der Waals surface area contributed by atoms with Crippen molar-refractivity contribution >= 4 is 22.7 Å². The second-order valence-electron chi connectivity index (χ2n) is 7.89. The maximum Gasteiger partial charge on any atom is 0.223 e. The molecule has 3 N–H and O–H groups in total. The van der Waals surface area contributed by atoms with Gasteiger partial charge in [0.15, 0.2) is 0 Å². The molecule has 5 nitrogen and oxygen atoms in total. The van der Waals surface area contributed by atoms with Gasteiger partial charge in [0, 0.05) is 11.6 Å². The number of hydrogen-bond donors (Lipinski definition) is 2. The number of fused-ring (bicyclic) bond motifs is 1. The van der Waals surface area contributed by atoms with Gasteiger partial charge in [-0.2, -0.15) is 0 Å². The molecule has 0 radical (unpaired) electrons. The van der Waals surface area contributed by atoms with Crippen LogP contribution in [0.3, 0.4) is 0 Å². The molecule has 1 saturated carbocycles. The predicted octanol–water partition coefficient (Wildman–Crippen LogP) is 5.28. The molecule has 146 valence electrons. The maximum absolute atomic E-state index is 13.9. The summed E-state index contributed by atoms with van der Waals surface area (Å²) >= 11 is 0. The van der Waals surface area contributed by atoms with Gasteiger partial charge in [0.05, 0.1) is 23.1 Å². The zero-order chi connectivity index (χ0) is 19.7. The molecule has 4 rings (SSSR count). The third kappa shape index (κ3) is 3.77. The summed E-state index contributed by atoms with van der Waals surface area (Å²) in [4.78, 5) is 14.0. The van der Waals surface area contributed by atoms with E-state index in [4.69, 9.17) is 10.7 Å². The fraction of sp³-hybridized carbons (Fsp3) is 0.409. The zero-order valence-electron chi connectivity index (χ0n) is 16.4. The zero-order valence-corrected chi connectivity index (χ0v) is 16.4. The first-order valence-electron chi connectivity index (χ1n) is 10.0. The molecule has 3 aromatic rings. The van der Waals surface area contributed by atoms with Crippen LogP contribution >= 0.6 is 0 Å². The van der Waals surface area contributed by atoms with Crippen molar-refractivity contribution in [3.63, 3.8) is 0 Å². The second-order valence-corrected chi connectivity index (χ2v) is 7.89. The Bertz CT molecular complexity index is 996. The largest absolute Gasteiger partial charge is 0.396 e. The van der Waals surface area contributed by atoms with Gasteiger partial charge in [-0.15, -0.1) is 0 Å². The van der Waals surface area contributed by atoms with Crippen LogP contribution in [-0.2, 0) is 0 Å². The maximum atomic E-state index is 13.9. The van der Waals surface area contributed by atoms with Crippen LogP contribution in [-0.4, -0.2) is 21.0 Å². The van der Waals surface area contributed by atoms with Gasteiger partial charge in [-0.05, 0) is 42.5 Å². The number of pyridine rings is 1. The molecule has 0 unspecified atom stereocenters. The third-order valence-corrected chi connectivity index (χ3v) is 5.43. The van der Waals surface area contributed by atoms with E-state index in [-0.39, 0.29) is 11.6 Å². The second kappa shape index (κ2) is 7.70. The van der Waals surface area contributed by atoms with Crippen molar-refractivity contribution in [3.8, 4) is 11.3 Å². The van der Waals surface area contributed by atoms with E-state index < -0.39 is 5.82 Å². The van der Waals surface area contributed by atoms with Crippen molar-refractivity contribution in [2.75, 3.05) is 11.1 Å². The van der Waals surface area contributed by atoms with E-state index in [2.05, 4.69) is 29.1 Å². The Kier molecular flexibility index (Phi) is 5.11. The molecule has 1 fully saturated rings. The van der Waals surface area contributed by atoms with E-state index in [0.29, 0.717) is 28.8 Å². The lowest BCUT2D eigenvalue weighted by Crippen LogP contribution is -2.23. The first-order valence-corrected chi connectivity index (χ1v) is 10.0. The third-order valence-electron chi connectivity index (χ3n) is 5.43. The van der Waals surface area contributed by atoms with Crippen LogP contribution in [0.15, 0.2) is 30.5 Å². The molecule has 0 spiro atoms. The lowest BCUT2D eigenvalue weighted by Gasteiger charge is -2.23. The van der Waals surface area contributed by atoms with Gasteiger partial charge in [0.25, 0.3) is 0 Å². The van der Waals surface area contributed by atoms with Gasteiger partial charge in [-0.25, -0.2) is 19.3 Å². The lowest BCUT2D eigenvalue weighted by molar-refractivity contribution is 0.461. The number of anilines is 2. The standard InChI is InChI=1S/C22H26FN5/c1-13(2)16-11-19(14-8-9-18(24)17(23)10-14)27-20-12-25-22(28-21(16)20)26-15-6-4-3-5-7-15/h8-13,15H,3-7,24H2,1-2H3,(H,25,26,28). The van der Waals surface area contributed by atoms with E-state index in [0.717, 1.165) is 11.1 Å². The van der Waals surface area contributed by atoms with Crippen LogP contribution in [0.1, 0.15) is 57.4 Å². The number of nitrogens with one attached hydrogen (secondary N) is 1. The molecule has 2 aromatic heterocycles. The van der Waals surface area contributed by atoms with Gasteiger partial charge >= 0.3 is 0 Å². The summed E-state index contributed by atoms with van der Waals surface area (Å²) in [7, 11) is 0. The number of aromatic nitrogens is 3. The summed E-state index contributed by atoms with van der Waals surface area (Å²) in [6, 6.07) is 7.22. The van der Waals surface area contributed by atoms with E-state index in [9.17, 15) is 4.39 Å². The highest BCUT2D eigenvalue weighted by Gasteiger charge is 2.17. The number of halogens is 1. The monoisotopic (exact) mass is 379 g/mol. The van der Waals surface area contributed by atoms with E-state index in [1.807, 2.05) is 6.07 Å². The Morgan fingerprint density at radius 1 is 1.11 bits per heavy atom. The number of nitrogens with two attached hydrogens (primary N) is 1. The predicted molar refractivity (Wildman–Crippen MR) is 112 cm³/mol. The van der Waals surface area contributed by atoms with Gasteiger partial charge in [0.1, 0.15) is 11.3 Å². The van der Waals surface area contributed by atoms with Crippen molar-refractivity contribution in [2.24, 2.45) is 0 Å². The van der Waals surface area contributed by atoms with Crippen molar-refractivity contribution in [2.45, 2.75) is 57.9 Å².